The van der Waals surface area contributed by atoms with Gasteiger partial charge in [0.15, 0.2) is 0 Å². The summed E-state index contributed by atoms with van der Waals surface area (Å²) in [4.78, 5) is 3.48. The van der Waals surface area contributed by atoms with Gasteiger partial charge >= 0.3 is 12.4 Å². The van der Waals surface area contributed by atoms with E-state index in [0.717, 1.165) is 36.5 Å². The number of alkyl halides is 6. The maximum absolute atomic E-state index is 13.1. The first-order valence-corrected chi connectivity index (χ1v) is 7.99. The highest BCUT2D eigenvalue weighted by molar-refractivity contribution is 5.83. The molecule has 1 heterocycles. The van der Waals surface area contributed by atoms with Crippen LogP contribution >= 0.6 is 0 Å². The van der Waals surface area contributed by atoms with Crippen LogP contribution in [0.15, 0.2) is 60.8 Å². The van der Waals surface area contributed by atoms with Crippen LogP contribution in [-0.4, -0.2) is 12.1 Å². The van der Waals surface area contributed by atoms with Gasteiger partial charge in [0.1, 0.15) is 11.4 Å². The van der Waals surface area contributed by atoms with E-state index < -0.39 is 23.6 Å². The van der Waals surface area contributed by atoms with Gasteiger partial charge in [0.05, 0.1) is 12.7 Å². The van der Waals surface area contributed by atoms with E-state index in [0.29, 0.717) is 16.9 Å². The second-order valence-corrected chi connectivity index (χ2v) is 5.92. The summed E-state index contributed by atoms with van der Waals surface area (Å²) in [6.07, 6.45) is -8.15. The van der Waals surface area contributed by atoms with Gasteiger partial charge in [0.2, 0.25) is 0 Å². The van der Waals surface area contributed by atoms with Gasteiger partial charge in [-0.15, -0.1) is 0 Å². The van der Waals surface area contributed by atoms with Crippen molar-refractivity contribution in [1.82, 2.24) is 4.98 Å². The number of methoxy groups -OCH3 is 1. The summed E-state index contributed by atoms with van der Waals surface area (Å²) < 4.78 is 82.7. The molecule has 3 aromatic rings. The van der Waals surface area contributed by atoms with E-state index in [-0.39, 0.29) is 11.1 Å². The van der Waals surface area contributed by atoms with Crippen molar-refractivity contribution in [2.75, 3.05) is 7.11 Å². The SMILES string of the molecule is COc1ccc(-c2cnc(C(F)(F)F)cc2-c2ccc(C(F)(F)F)cc2)cc1. The maximum atomic E-state index is 13.1. The Hall–Kier alpha value is -3.03. The van der Waals surface area contributed by atoms with Crippen LogP contribution in [-0.2, 0) is 12.4 Å². The topological polar surface area (TPSA) is 22.1 Å². The number of rotatable bonds is 3. The molecule has 0 amide bonds. The van der Waals surface area contributed by atoms with Gasteiger partial charge in [-0.05, 0) is 47.0 Å². The van der Waals surface area contributed by atoms with Gasteiger partial charge < -0.3 is 4.74 Å². The molecule has 0 bridgehead atoms. The Kier molecular flexibility index (Phi) is 5.06. The highest BCUT2D eigenvalue weighted by Crippen LogP contribution is 2.38. The molecule has 0 aliphatic heterocycles. The lowest BCUT2D eigenvalue weighted by Crippen LogP contribution is -2.08. The van der Waals surface area contributed by atoms with Crippen molar-refractivity contribution in [3.8, 4) is 28.0 Å². The molecule has 3 rings (SSSR count). The molecule has 0 saturated heterocycles. The molecule has 0 unspecified atom stereocenters. The second kappa shape index (κ2) is 7.18. The van der Waals surface area contributed by atoms with Crippen molar-refractivity contribution in [1.29, 1.82) is 0 Å². The minimum atomic E-state index is -4.68. The molecule has 8 heteroatoms. The highest BCUT2D eigenvalue weighted by Gasteiger charge is 2.33. The number of hydrogen-bond acceptors (Lipinski definition) is 2. The molecule has 2 nitrogen and oxygen atoms in total. The number of aromatic nitrogens is 1. The van der Waals surface area contributed by atoms with Gasteiger partial charge in [-0.25, -0.2) is 0 Å². The standard InChI is InChI=1S/C20H13F6NO/c1-28-15-8-4-13(5-9-15)17-11-27-18(20(24,25)26)10-16(17)12-2-6-14(7-3-12)19(21,22)23/h2-11H,1H3. The highest BCUT2D eigenvalue weighted by atomic mass is 19.4. The molecule has 0 N–H and O–H groups in total. The van der Waals surface area contributed by atoms with Crippen molar-refractivity contribution < 1.29 is 31.1 Å². The molecule has 28 heavy (non-hydrogen) atoms. The van der Waals surface area contributed by atoms with E-state index in [2.05, 4.69) is 4.98 Å². The van der Waals surface area contributed by atoms with Crippen LogP contribution in [0.5, 0.6) is 5.75 Å². The molecular weight excluding hydrogens is 384 g/mol. The number of halogens is 6. The monoisotopic (exact) mass is 397 g/mol. The lowest BCUT2D eigenvalue weighted by atomic mass is 9.95. The van der Waals surface area contributed by atoms with Crippen LogP contribution in [0, 0.1) is 0 Å². The molecule has 0 spiro atoms. The number of nitrogens with zero attached hydrogens (tertiary/aromatic N) is 1. The molecule has 0 aliphatic carbocycles. The predicted octanol–water partition coefficient (Wildman–Crippen LogP) is 6.46. The number of benzene rings is 2. The molecule has 0 fully saturated rings. The molecule has 0 radical (unpaired) electrons. The third-order valence-electron chi connectivity index (χ3n) is 4.12. The van der Waals surface area contributed by atoms with Crippen LogP contribution in [0.3, 0.4) is 0 Å². The first kappa shape index (κ1) is 19.7. The summed E-state index contributed by atoms with van der Waals surface area (Å²) in [5, 5.41) is 0. The summed E-state index contributed by atoms with van der Waals surface area (Å²) in [7, 11) is 1.47. The van der Waals surface area contributed by atoms with Gasteiger partial charge in [0.25, 0.3) is 0 Å². The lowest BCUT2D eigenvalue weighted by Gasteiger charge is -2.14. The normalized spacial score (nSPS) is 12.1. The third-order valence-corrected chi connectivity index (χ3v) is 4.12. The van der Waals surface area contributed by atoms with Crippen molar-refractivity contribution in [2.45, 2.75) is 12.4 Å². The average Bonchev–Trinajstić information content (AvgIpc) is 2.66. The van der Waals surface area contributed by atoms with E-state index in [1.165, 1.54) is 7.11 Å². The molecule has 0 atom stereocenters. The third kappa shape index (κ3) is 4.11. The summed E-state index contributed by atoms with van der Waals surface area (Å²) in [6, 6.07) is 11.3. The fourth-order valence-corrected chi connectivity index (χ4v) is 2.69. The van der Waals surface area contributed by atoms with Crippen LogP contribution in [0.1, 0.15) is 11.3 Å². The number of pyridine rings is 1. The van der Waals surface area contributed by atoms with Crippen LogP contribution in [0.2, 0.25) is 0 Å². The summed E-state index contributed by atoms with van der Waals surface area (Å²) >= 11 is 0. The Morgan fingerprint density at radius 2 is 1.25 bits per heavy atom. The Bertz CT molecular complexity index is 960. The van der Waals surface area contributed by atoms with Gasteiger partial charge in [-0.1, -0.05) is 24.3 Å². The Morgan fingerprint density at radius 1 is 0.714 bits per heavy atom. The van der Waals surface area contributed by atoms with Crippen LogP contribution in [0.25, 0.3) is 22.3 Å². The van der Waals surface area contributed by atoms with Gasteiger partial charge in [-0.3, -0.25) is 4.98 Å². The zero-order valence-corrected chi connectivity index (χ0v) is 14.4. The van der Waals surface area contributed by atoms with Crippen LogP contribution in [0.4, 0.5) is 26.3 Å². The van der Waals surface area contributed by atoms with Crippen molar-refractivity contribution in [3.63, 3.8) is 0 Å². The molecular formula is C20H13F6NO. The Labute approximate surface area is 156 Å². The smallest absolute Gasteiger partial charge is 0.433 e. The van der Waals surface area contributed by atoms with Gasteiger partial charge in [0, 0.05) is 11.8 Å². The first-order chi connectivity index (χ1) is 13.1. The van der Waals surface area contributed by atoms with E-state index in [1.54, 1.807) is 24.3 Å². The minimum absolute atomic E-state index is 0.126. The van der Waals surface area contributed by atoms with Crippen molar-refractivity contribution >= 4 is 0 Å². The van der Waals surface area contributed by atoms with E-state index >= 15 is 0 Å². The molecule has 0 saturated carbocycles. The minimum Gasteiger partial charge on any atom is -0.497 e. The summed E-state index contributed by atoms with van der Waals surface area (Å²) in [6.45, 7) is 0. The van der Waals surface area contributed by atoms with Gasteiger partial charge in [-0.2, -0.15) is 26.3 Å². The van der Waals surface area contributed by atoms with E-state index in [9.17, 15) is 26.3 Å². The molecule has 2 aromatic carbocycles. The average molecular weight is 397 g/mol. The molecule has 1 aromatic heterocycles. The second-order valence-electron chi connectivity index (χ2n) is 5.92. The van der Waals surface area contributed by atoms with E-state index in [4.69, 9.17) is 4.74 Å². The van der Waals surface area contributed by atoms with Crippen LogP contribution < -0.4 is 4.74 Å². The zero-order chi connectivity index (χ0) is 20.5. The largest absolute Gasteiger partial charge is 0.497 e. The maximum Gasteiger partial charge on any atom is 0.433 e. The fourth-order valence-electron chi connectivity index (χ4n) is 2.69. The molecule has 0 aliphatic rings. The fraction of sp³-hybridized carbons (Fsp3) is 0.150. The molecule has 146 valence electrons. The Balaban J connectivity index is 2.15. The summed E-state index contributed by atoms with van der Waals surface area (Å²) in [5.74, 6) is 0.555. The number of hydrogen-bond donors (Lipinski definition) is 0. The quantitative estimate of drug-likeness (QED) is 0.473. The zero-order valence-electron chi connectivity index (χ0n) is 14.4. The first-order valence-electron chi connectivity index (χ1n) is 7.99. The van der Waals surface area contributed by atoms with Crippen molar-refractivity contribution in [2.24, 2.45) is 0 Å². The predicted molar refractivity (Wildman–Crippen MR) is 91.7 cm³/mol. The number of ether oxygens (including phenoxy) is 1. The summed E-state index contributed by atoms with van der Waals surface area (Å²) in [5.41, 5.74) is -0.757. The Morgan fingerprint density at radius 3 is 1.75 bits per heavy atom. The van der Waals surface area contributed by atoms with E-state index in [1.807, 2.05) is 0 Å². The van der Waals surface area contributed by atoms with Crippen molar-refractivity contribution in [3.05, 3.63) is 72.1 Å². The lowest BCUT2D eigenvalue weighted by molar-refractivity contribution is -0.141.